The van der Waals surface area contributed by atoms with Crippen molar-refractivity contribution in [2.75, 3.05) is 13.2 Å². The Morgan fingerprint density at radius 3 is 2.61 bits per heavy atom. The van der Waals surface area contributed by atoms with Crippen molar-refractivity contribution in [3.8, 4) is 5.75 Å². The number of thioether (sulfide) groups is 1. The molecule has 0 N–H and O–H groups in total. The fourth-order valence-electron chi connectivity index (χ4n) is 3.34. The summed E-state index contributed by atoms with van der Waals surface area (Å²) in [7, 11) is 0. The zero-order valence-corrected chi connectivity index (χ0v) is 19.4. The van der Waals surface area contributed by atoms with Crippen LogP contribution in [0.5, 0.6) is 5.75 Å². The molecule has 0 bridgehead atoms. The number of carbonyl (C=O) groups excluding carboxylic acids is 1. The van der Waals surface area contributed by atoms with E-state index in [9.17, 15) is 9.18 Å². The minimum absolute atomic E-state index is 0.0308. The third kappa shape index (κ3) is 5.41. The standard InChI is InChI=1S/C22H18Cl2FNO3S2/c23-17-8-14(9-18(24)20(17)29-12-13-3-5-15(25)6-4-13)10-19-21(27)26(22(30)31-19)11-16-2-1-7-28-16/h3-6,8-10,16H,1-2,7,11-12H2/b19-10-/t16-/m0/s1. The van der Waals surface area contributed by atoms with Crippen LogP contribution in [-0.4, -0.2) is 34.4 Å². The van der Waals surface area contributed by atoms with E-state index in [-0.39, 0.29) is 24.4 Å². The number of rotatable bonds is 6. The van der Waals surface area contributed by atoms with Gasteiger partial charge in [-0.05, 0) is 54.3 Å². The number of halogens is 3. The molecule has 0 saturated carbocycles. The Bertz CT molecular complexity index is 1020. The molecule has 0 aromatic heterocycles. The summed E-state index contributed by atoms with van der Waals surface area (Å²) in [5.41, 5.74) is 1.45. The molecule has 2 aliphatic rings. The number of thiocarbonyl (C=S) groups is 1. The van der Waals surface area contributed by atoms with Crippen LogP contribution in [0.3, 0.4) is 0 Å². The van der Waals surface area contributed by atoms with Gasteiger partial charge in [0.1, 0.15) is 16.7 Å². The van der Waals surface area contributed by atoms with Crippen LogP contribution in [0.25, 0.3) is 6.08 Å². The molecule has 2 saturated heterocycles. The molecule has 1 atom stereocenters. The Morgan fingerprint density at radius 2 is 1.97 bits per heavy atom. The molecule has 31 heavy (non-hydrogen) atoms. The third-order valence-electron chi connectivity index (χ3n) is 4.90. The van der Waals surface area contributed by atoms with Gasteiger partial charge in [-0.15, -0.1) is 0 Å². The lowest BCUT2D eigenvalue weighted by molar-refractivity contribution is -0.123. The Morgan fingerprint density at radius 1 is 1.26 bits per heavy atom. The first-order chi connectivity index (χ1) is 14.9. The van der Waals surface area contributed by atoms with Crippen LogP contribution in [0, 0.1) is 5.82 Å². The smallest absolute Gasteiger partial charge is 0.266 e. The average Bonchev–Trinajstić information content (AvgIpc) is 3.33. The second-order valence-electron chi connectivity index (χ2n) is 7.16. The average molecular weight is 498 g/mol. The van der Waals surface area contributed by atoms with Crippen molar-refractivity contribution >= 4 is 63.5 Å². The second kappa shape index (κ2) is 9.88. The van der Waals surface area contributed by atoms with Crippen LogP contribution in [0.15, 0.2) is 41.3 Å². The van der Waals surface area contributed by atoms with E-state index < -0.39 is 0 Å². The van der Waals surface area contributed by atoms with Gasteiger partial charge in [-0.3, -0.25) is 9.69 Å². The first-order valence-electron chi connectivity index (χ1n) is 9.64. The number of hydrogen-bond acceptors (Lipinski definition) is 5. The molecule has 2 aromatic carbocycles. The van der Waals surface area contributed by atoms with Crippen LogP contribution in [-0.2, 0) is 16.1 Å². The van der Waals surface area contributed by atoms with E-state index in [0.29, 0.717) is 37.1 Å². The lowest BCUT2D eigenvalue weighted by Crippen LogP contribution is -2.35. The second-order valence-corrected chi connectivity index (χ2v) is 9.65. The van der Waals surface area contributed by atoms with Crippen LogP contribution >= 0.6 is 47.2 Å². The van der Waals surface area contributed by atoms with Crippen LogP contribution in [0.2, 0.25) is 10.0 Å². The summed E-state index contributed by atoms with van der Waals surface area (Å²) in [6, 6.07) is 9.34. The highest BCUT2D eigenvalue weighted by molar-refractivity contribution is 8.26. The van der Waals surface area contributed by atoms with Crippen molar-refractivity contribution in [2.45, 2.75) is 25.6 Å². The molecular formula is C22H18Cl2FNO3S2. The Kier molecular flexibility index (Phi) is 7.19. The largest absolute Gasteiger partial charge is 0.486 e. The SMILES string of the molecule is O=C1/C(=C/c2cc(Cl)c(OCc3ccc(F)cc3)c(Cl)c2)SC(=S)N1C[C@@H]1CCCO1. The molecule has 2 aliphatic heterocycles. The number of hydrogen-bond donors (Lipinski definition) is 0. The molecular weight excluding hydrogens is 480 g/mol. The van der Waals surface area contributed by atoms with Gasteiger partial charge in [0.05, 0.1) is 27.6 Å². The number of carbonyl (C=O) groups is 1. The van der Waals surface area contributed by atoms with Gasteiger partial charge in [0.15, 0.2) is 5.75 Å². The van der Waals surface area contributed by atoms with Gasteiger partial charge < -0.3 is 9.47 Å². The summed E-state index contributed by atoms with van der Waals surface area (Å²) in [5, 5.41) is 0.631. The summed E-state index contributed by atoms with van der Waals surface area (Å²) in [6.45, 7) is 1.39. The Hall–Kier alpha value is -1.64. The molecule has 9 heteroatoms. The molecule has 0 unspecified atom stereocenters. The van der Waals surface area contributed by atoms with E-state index >= 15 is 0 Å². The summed E-state index contributed by atoms with van der Waals surface area (Å²) < 4.78 is 24.9. The van der Waals surface area contributed by atoms with Gasteiger partial charge in [0.2, 0.25) is 0 Å². The van der Waals surface area contributed by atoms with Crippen LogP contribution in [0.4, 0.5) is 4.39 Å². The van der Waals surface area contributed by atoms with Crippen molar-refractivity contribution < 1.29 is 18.7 Å². The number of ether oxygens (including phenoxy) is 2. The molecule has 0 spiro atoms. The van der Waals surface area contributed by atoms with E-state index in [2.05, 4.69) is 0 Å². The zero-order chi connectivity index (χ0) is 22.0. The van der Waals surface area contributed by atoms with Crippen molar-refractivity contribution in [2.24, 2.45) is 0 Å². The zero-order valence-electron chi connectivity index (χ0n) is 16.3. The molecule has 162 valence electrons. The molecule has 0 radical (unpaired) electrons. The van der Waals surface area contributed by atoms with Gasteiger partial charge in [0.25, 0.3) is 5.91 Å². The highest BCUT2D eigenvalue weighted by Crippen LogP contribution is 2.38. The van der Waals surface area contributed by atoms with Gasteiger partial charge in [-0.1, -0.05) is 59.3 Å². The van der Waals surface area contributed by atoms with E-state index in [1.807, 2.05) is 0 Å². The normalized spacial score (nSPS) is 20.2. The quantitative estimate of drug-likeness (QED) is 0.356. The topological polar surface area (TPSA) is 38.8 Å². The fraction of sp³-hybridized carbons (Fsp3) is 0.273. The molecule has 0 aliphatic carbocycles. The third-order valence-corrected chi connectivity index (χ3v) is 6.84. The minimum atomic E-state index is -0.314. The van der Waals surface area contributed by atoms with Gasteiger partial charge in [-0.2, -0.15) is 0 Å². The number of benzene rings is 2. The van der Waals surface area contributed by atoms with Gasteiger partial charge in [-0.25, -0.2) is 4.39 Å². The lowest BCUT2D eigenvalue weighted by atomic mass is 10.2. The molecule has 1 amide bonds. The summed E-state index contributed by atoms with van der Waals surface area (Å²) >= 11 is 19.4. The molecule has 4 nitrogen and oxygen atoms in total. The first kappa shape index (κ1) is 22.6. The van der Waals surface area contributed by atoms with Gasteiger partial charge >= 0.3 is 0 Å². The Balaban J connectivity index is 1.47. The minimum Gasteiger partial charge on any atom is -0.486 e. The van der Waals surface area contributed by atoms with Crippen molar-refractivity contribution in [3.63, 3.8) is 0 Å². The lowest BCUT2D eigenvalue weighted by Gasteiger charge is -2.18. The summed E-state index contributed by atoms with van der Waals surface area (Å²) in [5.74, 6) is -0.129. The van der Waals surface area contributed by atoms with Crippen molar-refractivity contribution in [1.29, 1.82) is 0 Å². The highest BCUT2D eigenvalue weighted by Gasteiger charge is 2.34. The Labute approximate surface area is 199 Å². The van der Waals surface area contributed by atoms with E-state index in [0.717, 1.165) is 25.0 Å². The van der Waals surface area contributed by atoms with Gasteiger partial charge in [0, 0.05) is 6.61 Å². The maximum atomic E-state index is 13.0. The number of amides is 1. The molecule has 2 heterocycles. The van der Waals surface area contributed by atoms with Crippen LogP contribution < -0.4 is 4.74 Å². The molecule has 2 aromatic rings. The van der Waals surface area contributed by atoms with E-state index in [1.165, 1.54) is 23.9 Å². The predicted octanol–water partition coefficient (Wildman–Crippen LogP) is 6.09. The summed E-state index contributed by atoms with van der Waals surface area (Å²) in [6.07, 6.45) is 3.68. The van der Waals surface area contributed by atoms with E-state index in [1.54, 1.807) is 35.2 Å². The molecule has 4 rings (SSSR count). The maximum absolute atomic E-state index is 13.0. The fourth-order valence-corrected chi connectivity index (χ4v) is 5.23. The highest BCUT2D eigenvalue weighted by atomic mass is 35.5. The number of nitrogens with zero attached hydrogens (tertiary/aromatic N) is 1. The van der Waals surface area contributed by atoms with E-state index in [4.69, 9.17) is 44.9 Å². The first-order valence-corrected chi connectivity index (χ1v) is 11.6. The van der Waals surface area contributed by atoms with Crippen LogP contribution in [0.1, 0.15) is 24.0 Å². The molecule has 2 fully saturated rings. The maximum Gasteiger partial charge on any atom is 0.266 e. The predicted molar refractivity (Wildman–Crippen MR) is 126 cm³/mol. The van der Waals surface area contributed by atoms with Crippen molar-refractivity contribution in [3.05, 3.63) is 68.3 Å². The van der Waals surface area contributed by atoms with Crippen molar-refractivity contribution in [1.82, 2.24) is 4.90 Å². The summed E-state index contributed by atoms with van der Waals surface area (Å²) in [4.78, 5) is 14.9. The monoisotopic (exact) mass is 497 g/mol.